The van der Waals surface area contributed by atoms with Gasteiger partial charge in [-0.05, 0) is 32.1 Å². The normalized spacial score (nSPS) is 25.8. The minimum absolute atomic E-state index is 0.121. The van der Waals surface area contributed by atoms with Gasteiger partial charge in [-0.25, -0.2) is 9.97 Å². The zero-order chi connectivity index (χ0) is 19.8. The monoisotopic (exact) mass is 416 g/mol. The summed E-state index contributed by atoms with van der Waals surface area (Å²) in [5.74, 6) is 0.823. The molecule has 5 rings (SSSR count). The van der Waals surface area contributed by atoms with E-state index in [4.69, 9.17) is 9.47 Å². The summed E-state index contributed by atoms with van der Waals surface area (Å²) in [6, 6.07) is 0.655. The molecular formula is C21H28N4O3S. The van der Waals surface area contributed by atoms with Gasteiger partial charge in [-0.1, -0.05) is 0 Å². The molecule has 1 aliphatic carbocycles. The van der Waals surface area contributed by atoms with Crippen molar-refractivity contribution in [2.45, 2.75) is 57.7 Å². The molecule has 8 heteroatoms. The smallest absolute Gasteiger partial charge is 0.225 e. The van der Waals surface area contributed by atoms with E-state index in [-0.39, 0.29) is 12.0 Å². The van der Waals surface area contributed by atoms with Crippen LogP contribution < -0.4 is 4.74 Å². The lowest BCUT2D eigenvalue weighted by Gasteiger charge is -2.38. The van der Waals surface area contributed by atoms with Gasteiger partial charge in [0.2, 0.25) is 11.8 Å². The topological polar surface area (TPSA) is 67.8 Å². The number of amides is 1. The van der Waals surface area contributed by atoms with Crippen LogP contribution in [0.3, 0.4) is 0 Å². The number of nitrogens with zero attached hydrogens (tertiary/aromatic N) is 4. The van der Waals surface area contributed by atoms with E-state index in [1.807, 2.05) is 4.90 Å². The van der Waals surface area contributed by atoms with Crippen molar-refractivity contribution in [1.82, 2.24) is 19.8 Å². The first-order valence-corrected chi connectivity index (χ1v) is 11.5. The van der Waals surface area contributed by atoms with E-state index in [1.54, 1.807) is 24.6 Å². The van der Waals surface area contributed by atoms with Crippen molar-refractivity contribution in [1.29, 1.82) is 0 Å². The van der Waals surface area contributed by atoms with E-state index >= 15 is 0 Å². The molecule has 0 spiro atoms. The molecule has 4 heterocycles. The summed E-state index contributed by atoms with van der Waals surface area (Å²) in [5.41, 5.74) is 1.18. The predicted octanol–water partition coefficient (Wildman–Crippen LogP) is 2.62. The average Bonchev–Trinajstić information content (AvgIpc) is 3.13. The van der Waals surface area contributed by atoms with Crippen LogP contribution in [-0.4, -0.2) is 70.7 Å². The fourth-order valence-electron chi connectivity index (χ4n) is 4.87. The van der Waals surface area contributed by atoms with Gasteiger partial charge in [0.1, 0.15) is 17.3 Å². The molecule has 29 heavy (non-hydrogen) atoms. The number of ether oxygens (including phenoxy) is 2. The Kier molecular flexibility index (Phi) is 5.41. The van der Waals surface area contributed by atoms with E-state index < -0.39 is 0 Å². The molecule has 1 saturated heterocycles. The van der Waals surface area contributed by atoms with E-state index in [0.29, 0.717) is 18.5 Å². The maximum Gasteiger partial charge on any atom is 0.225 e. The summed E-state index contributed by atoms with van der Waals surface area (Å²) in [6.45, 7) is 6.88. The maximum absolute atomic E-state index is 11.9. The SMILES string of the molecule is CC(=O)N1CCc2sc3ncnc(OC4CCC(N5CCOCC5)CC4)c3c2C1. The Morgan fingerprint density at radius 3 is 2.72 bits per heavy atom. The van der Waals surface area contributed by atoms with Crippen molar-refractivity contribution in [3.63, 3.8) is 0 Å². The summed E-state index contributed by atoms with van der Waals surface area (Å²) in [7, 11) is 0. The zero-order valence-corrected chi connectivity index (χ0v) is 17.7. The molecule has 0 N–H and O–H groups in total. The largest absolute Gasteiger partial charge is 0.474 e. The number of hydrogen-bond donors (Lipinski definition) is 0. The quantitative estimate of drug-likeness (QED) is 0.766. The zero-order valence-electron chi connectivity index (χ0n) is 16.9. The number of carbonyl (C=O) groups is 1. The Hall–Kier alpha value is -1.77. The number of aromatic nitrogens is 2. The number of hydrogen-bond acceptors (Lipinski definition) is 7. The standard InChI is InChI=1S/C21H28N4O3S/c1-14(26)25-7-6-18-17(12-25)19-20(22-13-23-21(19)29-18)28-16-4-2-15(3-5-16)24-8-10-27-11-9-24/h13,15-16H,2-12H2,1H3. The molecule has 0 atom stereocenters. The van der Waals surface area contributed by atoms with E-state index in [9.17, 15) is 4.79 Å². The molecule has 2 aliphatic heterocycles. The lowest BCUT2D eigenvalue weighted by atomic mass is 9.91. The van der Waals surface area contributed by atoms with Crippen molar-refractivity contribution in [2.24, 2.45) is 0 Å². The molecule has 2 aromatic heterocycles. The van der Waals surface area contributed by atoms with Gasteiger partial charge < -0.3 is 14.4 Å². The van der Waals surface area contributed by atoms with E-state index in [2.05, 4.69) is 14.9 Å². The van der Waals surface area contributed by atoms with Gasteiger partial charge in [0.15, 0.2) is 0 Å². The Morgan fingerprint density at radius 1 is 1.17 bits per heavy atom. The Morgan fingerprint density at radius 2 is 1.97 bits per heavy atom. The number of morpholine rings is 1. The molecule has 1 amide bonds. The highest BCUT2D eigenvalue weighted by Crippen LogP contribution is 2.39. The minimum Gasteiger partial charge on any atom is -0.474 e. The summed E-state index contributed by atoms with van der Waals surface area (Å²) in [6.07, 6.45) is 7.14. The Labute approximate surface area is 175 Å². The second-order valence-electron chi connectivity index (χ2n) is 8.25. The molecule has 0 bridgehead atoms. The fraction of sp³-hybridized carbons (Fsp3) is 0.667. The Bertz CT molecular complexity index is 887. The first kappa shape index (κ1) is 19.2. The first-order chi connectivity index (χ1) is 14.2. The molecule has 0 aromatic carbocycles. The maximum atomic E-state index is 11.9. The number of thiophene rings is 1. The Balaban J connectivity index is 1.31. The summed E-state index contributed by atoms with van der Waals surface area (Å²) in [5, 5.41) is 1.02. The summed E-state index contributed by atoms with van der Waals surface area (Å²) in [4.78, 5) is 27.7. The third-order valence-electron chi connectivity index (χ3n) is 6.52. The first-order valence-electron chi connectivity index (χ1n) is 10.7. The van der Waals surface area contributed by atoms with Gasteiger partial charge in [0.05, 0.1) is 18.6 Å². The highest BCUT2D eigenvalue weighted by Gasteiger charge is 2.30. The molecule has 3 aliphatic rings. The lowest BCUT2D eigenvalue weighted by Crippen LogP contribution is -2.46. The van der Waals surface area contributed by atoms with Gasteiger partial charge in [0, 0.05) is 49.6 Å². The van der Waals surface area contributed by atoms with Gasteiger partial charge >= 0.3 is 0 Å². The van der Waals surface area contributed by atoms with Crippen LogP contribution in [0.1, 0.15) is 43.0 Å². The molecule has 1 saturated carbocycles. The van der Waals surface area contributed by atoms with Gasteiger partial charge in [-0.15, -0.1) is 11.3 Å². The molecule has 7 nitrogen and oxygen atoms in total. The van der Waals surface area contributed by atoms with Crippen LogP contribution in [0.25, 0.3) is 10.2 Å². The van der Waals surface area contributed by atoms with Crippen LogP contribution in [-0.2, 0) is 22.5 Å². The van der Waals surface area contributed by atoms with Crippen LogP contribution >= 0.6 is 11.3 Å². The fourth-order valence-corrected chi connectivity index (χ4v) is 6.00. The second kappa shape index (κ2) is 8.16. The van der Waals surface area contributed by atoms with Crippen molar-refractivity contribution in [2.75, 3.05) is 32.8 Å². The lowest BCUT2D eigenvalue weighted by molar-refractivity contribution is -0.129. The predicted molar refractivity (Wildman–Crippen MR) is 111 cm³/mol. The molecule has 0 unspecified atom stereocenters. The van der Waals surface area contributed by atoms with Gasteiger partial charge in [0.25, 0.3) is 0 Å². The van der Waals surface area contributed by atoms with Crippen LogP contribution in [0.2, 0.25) is 0 Å². The van der Waals surface area contributed by atoms with Crippen LogP contribution in [0.15, 0.2) is 6.33 Å². The number of fused-ring (bicyclic) bond motifs is 3. The van der Waals surface area contributed by atoms with Crippen molar-refractivity contribution in [3.8, 4) is 5.88 Å². The van der Waals surface area contributed by atoms with Crippen molar-refractivity contribution >= 4 is 27.5 Å². The van der Waals surface area contributed by atoms with E-state index in [0.717, 1.165) is 62.3 Å². The molecule has 2 aromatic rings. The highest BCUT2D eigenvalue weighted by atomic mass is 32.1. The van der Waals surface area contributed by atoms with Crippen LogP contribution in [0, 0.1) is 0 Å². The summed E-state index contributed by atoms with van der Waals surface area (Å²) >= 11 is 1.72. The van der Waals surface area contributed by atoms with E-state index in [1.165, 1.54) is 23.3 Å². The van der Waals surface area contributed by atoms with Gasteiger partial charge in [-0.3, -0.25) is 9.69 Å². The minimum atomic E-state index is 0.121. The number of carbonyl (C=O) groups excluding carboxylic acids is 1. The molecule has 2 fully saturated rings. The van der Waals surface area contributed by atoms with Crippen molar-refractivity contribution < 1.29 is 14.3 Å². The molecule has 0 radical (unpaired) electrons. The van der Waals surface area contributed by atoms with Crippen molar-refractivity contribution in [3.05, 3.63) is 16.8 Å². The van der Waals surface area contributed by atoms with Crippen LogP contribution in [0.5, 0.6) is 5.88 Å². The number of rotatable bonds is 3. The molecule has 156 valence electrons. The average molecular weight is 417 g/mol. The third-order valence-corrected chi connectivity index (χ3v) is 7.72. The van der Waals surface area contributed by atoms with Gasteiger partial charge in [-0.2, -0.15) is 0 Å². The molecular weight excluding hydrogens is 388 g/mol. The third kappa shape index (κ3) is 3.85. The summed E-state index contributed by atoms with van der Waals surface area (Å²) < 4.78 is 11.9. The highest BCUT2D eigenvalue weighted by molar-refractivity contribution is 7.18. The van der Waals surface area contributed by atoms with Crippen LogP contribution in [0.4, 0.5) is 0 Å². The second-order valence-corrected chi connectivity index (χ2v) is 9.33.